The molecule has 0 aliphatic rings. The fourth-order valence-electron chi connectivity index (χ4n) is 2.03. The Hall–Kier alpha value is -2.64. The van der Waals surface area contributed by atoms with Gasteiger partial charge in [-0.2, -0.15) is 13.2 Å². The lowest BCUT2D eigenvalue weighted by Crippen LogP contribution is -2.38. The molecule has 2 rings (SSSR count). The topological polar surface area (TPSA) is 38.3 Å². The van der Waals surface area contributed by atoms with Crippen molar-refractivity contribution in [1.82, 2.24) is 5.32 Å². The van der Waals surface area contributed by atoms with Crippen molar-refractivity contribution in [2.75, 3.05) is 7.11 Å². The molecule has 0 aliphatic heterocycles. The van der Waals surface area contributed by atoms with Gasteiger partial charge in [0.05, 0.1) is 7.11 Å². The summed E-state index contributed by atoms with van der Waals surface area (Å²) >= 11 is 0. The quantitative estimate of drug-likeness (QED) is 0.851. The zero-order valence-electron chi connectivity index (χ0n) is 12.3. The molecular formula is C16H12F5NO2. The summed E-state index contributed by atoms with van der Waals surface area (Å²) in [4.78, 5) is 12.0. The fourth-order valence-corrected chi connectivity index (χ4v) is 2.03. The van der Waals surface area contributed by atoms with E-state index in [1.54, 1.807) is 5.32 Å². The predicted octanol–water partition coefficient (Wildman–Crippen LogP) is 4.01. The third kappa shape index (κ3) is 4.01. The smallest absolute Gasteiger partial charge is 0.412 e. The van der Waals surface area contributed by atoms with Crippen molar-refractivity contribution in [2.24, 2.45) is 0 Å². The maximum atomic E-state index is 13.6. The summed E-state index contributed by atoms with van der Waals surface area (Å²) in [7, 11) is 1.21. The minimum atomic E-state index is -4.81. The molecule has 0 saturated heterocycles. The molecule has 0 fully saturated rings. The molecule has 24 heavy (non-hydrogen) atoms. The van der Waals surface area contributed by atoms with Gasteiger partial charge in [0.2, 0.25) is 0 Å². The van der Waals surface area contributed by atoms with Crippen molar-refractivity contribution in [3.05, 3.63) is 65.2 Å². The van der Waals surface area contributed by atoms with E-state index in [0.717, 1.165) is 42.5 Å². The summed E-state index contributed by atoms with van der Waals surface area (Å²) in [5.41, 5.74) is -0.643. The second kappa shape index (κ2) is 6.86. The van der Waals surface area contributed by atoms with Gasteiger partial charge in [-0.25, -0.2) is 8.78 Å². The molecule has 2 aromatic carbocycles. The lowest BCUT2D eigenvalue weighted by atomic mass is 10.1. The van der Waals surface area contributed by atoms with Crippen LogP contribution in [0.5, 0.6) is 5.75 Å². The van der Waals surface area contributed by atoms with Crippen LogP contribution in [0, 0.1) is 11.6 Å². The van der Waals surface area contributed by atoms with Gasteiger partial charge in [0.15, 0.2) is 17.6 Å². The van der Waals surface area contributed by atoms with Gasteiger partial charge in [-0.1, -0.05) is 12.1 Å². The van der Waals surface area contributed by atoms with Gasteiger partial charge in [-0.3, -0.25) is 4.79 Å². The van der Waals surface area contributed by atoms with E-state index >= 15 is 0 Å². The van der Waals surface area contributed by atoms with E-state index in [1.165, 1.54) is 7.11 Å². The SMILES string of the molecule is COc1ccc(C(=O)NC(c2ccc(F)cc2)C(F)(F)F)cc1F. The van der Waals surface area contributed by atoms with Crippen LogP contribution in [-0.2, 0) is 0 Å². The average Bonchev–Trinajstić information content (AvgIpc) is 2.52. The number of rotatable bonds is 4. The summed E-state index contributed by atoms with van der Waals surface area (Å²) in [5.74, 6) is -2.85. The molecule has 8 heteroatoms. The summed E-state index contributed by atoms with van der Waals surface area (Å²) in [5, 5.41) is 1.78. The van der Waals surface area contributed by atoms with E-state index in [-0.39, 0.29) is 16.9 Å². The molecule has 0 spiro atoms. The summed E-state index contributed by atoms with van der Waals surface area (Å²) in [6.45, 7) is 0. The molecule has 1 N–H and O–H groups in total. The van der Waals surface area contributed by atoms with Gasteiger partial charge in [-0.05, 0) is 35.9 Å². The second-order valence-corrected chi connectivity index (χ2v) is 4.85. The first-order valence-corrected chi connectivity index (χ1v) is 6.69. The molecule has 0 aromatic heterocycles. The molecule has 2 aromatic rings. The number of amides is 1. The Morgan fingerprint density at radius 1 is 1.08 bits per heavy atom. The van der Waals surface area contributed by atoms with Crippen molar-refractivity contribution in [1.29, 1.82) is 0 Å². The molecule has 0 heterocycles. The Morgan fingerprint density at radius 2 is 1.71 bits per heavy atom. The summed E-state index contributed by atoms with van der Waals surface area (Å²) in [6.07, 6.45) is -4.81. The molecule has 0 bridgehead atoms. The zero-order chi connectivity index (χ0) is 17.9. The third-order valence-electron chi connectivity index (χ3n) is 3.22. The van der Waals surface area contributed by atoms with Crippen molar-refractivity contribution in [3.8, 4) is 5.75 Å². The van der Waals surface area contributed by atoms with Crippen LogP contribution in [0.4, 0.5) is 22.0 Å². The number of hydrogen-bond acceptors (Lipinski definition) is 2. The van der Waals surface area contributed by atoms with Crippen LogP contribution in [0.1, 0.15) is 22.0 Å². The molecule has 1 atom stereocenters. The lowest BCUT2D eigenvalue weighted by molar-refractivity contribution is -0.155. The Labute approximate surface area is 134 Å². The van der Waals surface area contributed by atoms with Gasteiger partial charge >= 0.3 is 6.18 Å². The first-order chi connectivity index (χ1) is 11.2. The highest BCUT2D eigenvalue weighted by Gasteiger charge is 2.42. The third-order valence-corrected chi connectivity index (χ3v) is 3.22. The number of alkyl halides is 3. The first-order valence-electron chi connectivity index (χ1n) is 6.69. The number of halogens is 5. The van der Waals surface area contributed by atoms with Crippen LogP contribution in [0.2, 0.25) is 0 Å². The van der Waals surface area contributed by atoms with Gasteiger partial charge in [0.1, 0.15) is 5.82 Å². The van der Waals surface area contributed by atoms with Crippen molar-refractivity contribution in [3.63, 3.8) is 0 Å². The minimum Gasteiger partial charge on any atom is -0.494 e. The number of carbonyl (C=O) groups excluding carboxylic acids is 1. The molecular weight excluding hydrogens is 333 g/mol. The van der Waals surface area contributed by atoms with E-state index in [4.69, 9.17) is 0 Å². The molecule has 1 amide bonds. The van der Waals surface area contributed by atoms with E-state index < -0.39 is 29.8 Å². The molecule has 3 nitrogen and oxygen atoms in total. The monoisotopic (exact) mass is 345 g/mol. The van der Waals surface area contributed by atoms with Crippen molar-refractivity contribution >= 4 is 5.91 Å². The van der Waals surface area contributed by atoms with Gasteiger partial charge in [0.25, 0.3) is 5.91 Å². The summed E-state index contributed by atoms with van der Waals surface area (Å²) in [6, 6.07) is 4.23. The number of methoxy groups -OCH3 is 1. The standard InChI is InChI=1S/C16H12F5NO2/c1-24-13-7-4-10(8-12(13)18)15(23)22-14(16(19,20)21)9-2-5-11(17)6-3-9/h2-8,14H,1H3,(H,22,23). The van der Waals surface area contributed by atoms with E-state index in [2.05, 4.69) is 4.74 Å². The van der Waals surface area contributed by atoms with E-state index in [9.17, 15) is 26.7 Å². The molecule has 1 unspecified atom stereocenters. The summed E-state index contributed by atoms with van der Waals surface area (Å²) < 4.78 is 70.7. The van der Waals surface area contributed by atoms with Crippen LogP contribution in [0.25, 0.3) is 0 Å². The Balaban J connectivity index is 2.28. The lowest BCUT2D eigenvalue weighted by Gasteiger charge is -2.22. The van der Waals surface area contributed by atoms with Crippen molar-refractivity contribution in [2.45, 2.75) is 12.2 Å². The normalized spacial score (nSPS) is 12.6. The van der Waals surface area contributed by atoms with Gasteiger partial charge < -0.3 is 10.1 Å². The van der Waals surface area contributed by atoms with E-state index in [1.807, 2.05) is 0 Å². The van der Waals surface area contributed by atoms with Gasteiger partial charge in [-0.15, -0.1) is 0 Å². The number of nitrogens with one attached hydrogen (secondary N) is 1. The molecule has 128 valence electrons. The van der Waals surface area contributed by atoms with Crippen LogP contribution < -0.4 is 10.1 Å². The number of hydrogen-bond donors (Lipinski definition) is 1. The average molecular weight is 345 g/mol. The largest absolute Gasteiger partial charge is 0.494 e. The van der Waals surface area contributed by atoms with Crippen LogP contribution in [0.3, 0.4) is 0 Å². The molecule has 0 saturated carbocycles. The maximum absolute atomic E-state index is 13.6. The number of carbonyl (C=O) groups is 1. The Kier molecular flexibility index (Phi) is 5.06. The van der Waals surface area contributed by atoms with Crippen LogP contribution >= 0.6 is 0 Å². The van der Waals surface area contributed by atoms with Crippen molar-refractivity contribution < 1.29 is 31.5 Å². The maximum Gasteiger partial charge on any atom is 0.412 e. The zero-order valence-corrected chi connectivity index (χ0v) is 12.3. The number of benzene rings is 2. The highest BCUT2D eigenvalue weighted by molar-refractivity contribution is 5.94. The molecule has 0 radical (unpaired) electrons. The number of ether oxygens (including phenoxy) is 1. The molecule has 0 aliphatic carbocycles. The van der Waals surface area contributed by atoms with Gasteiger partial charge in [0, 0.05) is 5.56 Å². The van der Waals surface area contributed by atoms with Crippen LogP contribution in [-0.4, -0.2) is 19.2 Å². The highest BCUT2D eigenvalue weighted by atomic mass is 19.4. The highest BCUT2D eigenvalue weighted by Crippen LogP contribution is 2.33. The fraction of sp³-hybridized carbons (Fsp3) is 0.188. The first kappa shape index (κ1) is 17.7. The Bertz CT molecular complexity index is 728. The van der Waals surface area contributed by atoms with Crippen LogP contribution in [0.15, 0.2) is 42.5 Å². The Morgan fingerprint density at radius 3 is 2.21 bits per heavy atom. The van der Waals surface area contributed by atoms with E-state index in [0.29, 0.717) is 0 Å². The minimum absolute atomic E-state index is 0.141. The second-order valence-electron chi connectivity index (χ2n) is 4.85. The predicted molar refractivity (Wildman–Crippen MR) is 75.6 cm³/mol.